The Morgan fingerprint density at radius 3 is 2.62 bits per heavy atom. The molecule has 0 spiro atoms. The molecule has 2 aromatic heterocycles. The van der Waals surface area contributed by atoms with Crippen molar-refractivity contribution in [1.82, 2.24) is 30.0 Å². The van der Waals surface area contributed by atoms with Crippen molar-refractivity contribution < 1.29 is 4.79 Å². The third-order valence-electron chi connectivity index (χ3n) is 6.60. The van der Waals surface area contributed by atoms with E-state index in [0.29, 0.717) is 24.7 Å². The van der Waals surface area contributed by atoms with Gasteiger partial charge in [-0.1, -0.05) is 0 Å². The van der Waals surface area contributed by atoms with Gasteiger partial charge in [-0.05, 0) is 49.7 Å². The predicted octanol–water partition coefficient (Wildman–Crippen LogP) is 1.68. The number of hydrogen-bond donors (Lipinski definition) is 2. The maximum Gasteiger partial charge on any atom is 0.269 e. The highest BCUT2D eigenvalue weighted by Gasteiger charge is 2.31. The Labute approximate surface area is 186 Å². The number of piperazine rings is 1. The maximum absolute atomic E-state index is 12.4. The van der Waals surface area contributed by atoms with Crippen LogP contribution in [0.4, 0.5) is 17.3 Å². The number of carbonyl (C=O) groups is 1. The quantitative estimate of drug-likeness (QED) is 0.653. The van der Waals surface area contributed by atoms with Crippen molar-refractivity contribution in [3.8, 4) is 11.4 Å². The van der Waals surface area contributed by atoms with Gasteiger partial charge in [0.25, 0.3) is 5.91 Å². The zero-order valence-electron chi connectivity index (χ0n) is 18.1. The summed E-state index contributed by atoms with van der Waals surface area (Å²) in [6, 6.07) is 8.43. The van der Waals surface area contributed by atoms with Gasteiger partial charge in [0.1, 0.15) is 11.4 Å². The average molecular weight is 431 g/mol. The Hall–Kier alpha value is -3.46. The van der Waals surface area contributed by atoms with E-state index in [1.807, 2.05) is 10.9 Å². The molecule has 1 fully saturated rings. The van der Waals surface area contributed by atoms with Crippen LogP contribution in [0.2, 0.25) is 0 Å². The number of amides is 1. The summed E-state index contributed by atoms with van der Waals surface area (Å²) in [6.07, 6.45) is 3.48. The first-order valence-electron chi connectivity index (χ1n) is 11.2. The molecule has 4 heterocycles. The number of aryl methyl sites for hydroxylation is 1. The second kappa shape index (κ2) is 7.59. The third-order valence-corrected chi connectivity index (χ3v) is 6.60. The van der Waals surface area contributed by atoms with Crippen LogP contribution in [-0.2, 0) is 19.4 Å². The normalized spacial score (nSPS) is 17.9. The van der Waals surface area contributed by atoms with E-state index in [2.05, 4.69) is 56.7 Å². The minimum Gasteiger partial charge on any atom is -0.369 e. The number of fused-ring (bicyclic) bond motifs is 5. The lowest BCUT2D eigenvalue weighted by molar-refractivity contribution is 0.0923. The molecule has 32 heavy (non-hydrogen) atoms. The second-order valence-electron chi connectivity index (χ2n) is 8.68. The largest absolute Gasteiger partial charge is 0.369 e. The Morgan fingerprint density at radius 1 is 1.00 bits per heavy atom. The van der Waals surface area contributed by atoms with E-state index < -0.39 is 0 Å². The van der Waals surface area contributed by atoms with Gasteiger partial charge in [0.2, 0.25) is 5.95 Å². The lowest BCUT2D eigenvalue weighted by Gasteiger charge is -2.34. The zero-order chi connectivity index (χ0) is 21.7. The average Bonchev–Trinajstić information content (AvgIpc) is 3.21. The number of anilines is 3. The third kappa shape index (κ3) is 3.29. The van der Waals surface area contributed by atoms with Crippen molar-refractivity contribution in [3.63, 3.8) is 0 Å². The summed E-state index contributed by atoms with van der Waals surface area (Å²) in [5, 5.41) is 11.0. The highest BCUT2D eigenvalue weighted by Crippen LogP contribution is 2.34. The van der Waals surface area contributed by atoms with Crippen LogP contribution in [0, 0.1) is 0 Å². The molecule has 9 nitrogen and oxygen atoms in total. The molecule has 9 heteroatoms. The van der Waals surface area contributed by atoms with Crippen molar-refractivity contribution in [2.45, 2.75) is 19.4 Å². The van der Waals surface area contributed by atoms with Gasteiger partial charge in [-0.25, -0.2) is 9.97 Å². The van der Waals surface area contributed by atoms with Gasteiger partial charge >= 0.3 is 0 Å². The summed E-state index contributed by atoms with van der Waals surface area (Å²) in [7, 11) is 2.17. The molecule has 1 aromatic carbocycles. The van der Waals surface area contributed by atoms with Gasteiger partial charge in [0, 0.05) is 55.9 Å². The van der Waals surface area contributed by atoms with E-state index in [9.17, 15) is 4.79 Å². The van der Waals surface area contributed by atoms with E-state index in [-0.39, 0.29) is 5.91 Å². The number of aromatic nitrogens is 4. The molecule has 6 rings (SSSR count). The van der Waals surface area contributed by atoms with Crippen LogP contribution < -0.4 is 15.5 Å². The Kier molecular flexibility index (Phi) is 4.57. The topological polar surface area (TPSA) is 91.2 Å². The van der Waals surface area contributed by atoms with Crippen LogP contribution in [0.3, 0.4) is 0 Å². The summed E-state index contributed by atoms with van der Waals surface area (Å²) in [4.78, 5) is 26.5. The van der Waals surface area contributed by atoms with Crippen LogP contribution in [-0.4, -0.2) is 70.3 Å². The van der Waals surface area contributed by atoms with Gasteiger partial charge < -0.3 is 20.4 Å². The number of benzene rings is 1. The lowest BCUT2D eigenvalue weighted by atomic mass is 9.93. The maximum atomic E-state index is 12.4. The van der Waals surface area contributed by atoms with E-state index >= 15 is 0 Å². The first-order valence-corrected chi connectivity index (χ1v) is 11.2. The van der Waals surface area contributed by atoms with Crippen molar-refractivity contribution in [1.29, 1.82) is 0 Å². The highest BCUT2D eigenvalue weighted by atomic mass is 16.2. The van der Waals surface area contributed by atoms with Crippen molar-refractivity contribution in [2.75, 3.05) is 50.0 Å². The van der Waals surface area contributed by atoms with Crippen LogP contribution in [0.15, 0.2) is 30.5 Å². The number of nitrogens with one attached hydrogen (secondary N) is 2. The second-order valence-corrected chi connectivity index (χ2v) is 8.68. The molecule has 0 atom stereocenters. The molecule has 2 N–H and O–H groups in total. The molecule has 0 radical (unpaired) electrons. The van der Waals surface area contributed by atoms with Crippen LogP contribution in [0.25, 0.3) is 11.4 Å². The summed E-state index contributed by atoms with van der Waals surface area (Å²) in [5.74, 6) is 0.501. The number of likely N-dealkylation sites (N-methyl/N-ethyl adjacent to an activating group) is 1. The van der Waals surface area contributed by atoms with Crippen LogP contribution in [0.1, 0.15) is 21.6 Å². The molecule has 1 amide bonds. The first kappa shape index (κ1) is 19.2. The van der Waals surface area contributed by atoms with Gasteiger partial charge in [0.05, 0.1) is 12.2 Å². The summed E-state index contributed by atoms with van der Waals surface area (Å²) < 4.78 is 1.82. The monoisotopic (exact) mass is 430 g/mol. The van der Waals surface area contributed by atoms with Crippen molar-refractivity contribution >= 4 is 23.2 Å². The Morgan fingerprint density at radius 2 is 1.81 bits per heavy atom. The Balaban J connectivity index is 1.25. The molecule has 0 bridgehead atoms. The van der Waals surface area contributed by atoms with Gasteiger partial charge in [-0.15, -0.1) is 0 Å². The molecular formula is C23H26N8O. The van der Waals surface area contributed by atoms with E-state index in [4.69, 9.17) is 10.1 Å². The van der Waals surface area contributed by atoms with Crippen LogP contribution >= 0.6 is 0 Å². The molecule has 3 aliphatic rings. The van der Waals surface area contributed by atoms with Gasteiger partial charge in [-0.2, -0.15) is 5.10 Å². The SMILES string of the molecule is CN1CCN(c2ccc(Nc3ncc4c(n3)-c3nn5c(c3CC4)C(=O)NCC5)cc2)CC1. The summed E-state index contributed by atoms with van der Waals surface area (Å²) >= 11 is 0. The minimum atomic E-state index is -0.0405. The molecule has 0 saturated carbocycles. The van der Waals surface area contributed by atoms with E-state index in [1.165, 1.54) is 5.69 Å². The number of hydrogen-bond acceptors (Lipinski definition) is 7. The number of nitrogens with zero attached hydrogens (tertiary/aromatic N) is 6. The fourth-order valence-corrected chi connectivity index (χ4v) is 4.77. The molecule has 1 saturated heterocycles. The van der Waals surface area contributed by atoms with Crippen molar-refractivity contribution in [2.24, 2.45) is 0 Å². The molecule has 2 aliphatic heterocycles. The molecule has 3 aromatic rings. The molecule has 0 unspecified atom stereocenters. The van der Waals surface area contributed by atoms with E-state index in [1.54, 1.807) is 0 Å². The standard InChI is InChI=1S/C23H26N8O/c1-29-10-12-30(13-11-29)17-5-3-16(4-6-17)26-23-25-14-15-2-7-18-20(19(15)27-23)28-31-9-8-24-22(32)21(18)31/h3-6,14H,2,7-13H2,1H3,(H,24,32)(H,25,26,27). The Bertz CT molecular complexity index is 1180. The number of rotatable bonds is 3. The fraction of sp³-hybridized carbons (Fsp3) is 0.391. The summed E-state index contributed by atoms with van der Waals surface area (Å²) in [5.41, 5.74) is 6.58. The van der Waals surface area contributed by atoms with Gasteiger partial charge in [-0.3, -0.25) is 9.48 Å². The summed E-state index contributed by atoms with van der Waals surface area (Å²) in [6.45, 7) is 5.58. The zero-order valence-corrected chi connectivity index (χ0v) is 18.1. The fourth-order valence-electron chi connectivity index (χ4n) is 4.77. The molecule has 1 aliphatic carbocycles. The lowest BCUT2D eigenvalue weighted by Crippen LogP contribution is -2.44. The number of carbonyl (C=O) groups excluding carboxylic acids is 1. The predicted molar refractivity (Wildman–Crippen MR) is 122 cm³/mol. The highest BCUT2D eigenvalue weighted by molar-refractivity contribution is 5.96. The van der Waals surface area contributed by atoms with Crippen LogP contribution in [0.5, 0.6) is 0 Å². The van der Waals surface area contributed by atoms with E-state index in [0.717, 1.165) is 67.2 Å². The van der Waals surface area contributed by atoms with Gasteiger partial charge in [0.15, 0.2) is 0 Å². The minimum absolute atomic E-state index is 0.0405. The first-order chi connectivity index (χ1) is 15.7. The van der Waals surface area contributed by atoms with Crippen molar-refractivity contribution in [3.05, 3.63) is 47.3 Å². The molecular weight excluding hydrogens is 404 g/mol. The molecule has 164 valence electrons. The smallest absolute Gasteiger partial charge is 0.269 e.